The van der Waals surface area contributed by atoms with Crippen LogP contribution in [0, 0.1) is 5.92 Å². The minimum absolute atomic E-state index is 0.0452. The van der Waals surface area contributed by atoms with E-state index in [1.165, 1.54) is 38.8 Å². The lowest BCUT2D eigenvalue weighted by Crippen LogP contribution is -2.45. The van der Waals surface area contributed by atoms with E-state index in [1.54, 1.807) is 0 Å². The zero-order chi connectivity index (χ0) is 13.1. The third-order valence-corrected chi connectivity index (χ3v) is 5.17. The molecule has 1 aliphatic carbocycles. The van der Waals surface area contributed by atoms with E-state index in [4.69, 9.17) is 4.74 Å². The lowest BCUT2D eigenvalue weighted by molar-refractivity contribution is 0.0160. The maximum absolute atomic E-state index is 10.1. The van der Waals surface area contributed by atoms with E-state index in [0.29, 0.717) is 5.92 Å². The summed E-state index contributed by atoms with van der Waals surface area (Å²) >= 11 is 0. The molecule has 2 aliphatic heterocycles. The van der Waals surface area contributed by atoms with E-state index in [-0.39, 0.29) is 6.10 Å². The third kappa shape index (κ3) is 3.48. The average molecular weight is 268 g/mol. The molecule has 0 spiro atoms. The summed E-state index contributed by atoms with van der Waals surface area (Å²) in [6.07, 6.45) is 6.01. The minimum atomic E-state index is -0.0452. The van der Waals surface area contributed by atoms with Gasteiger partial charge in [-0.1, -0.05) is 12.8 Å². The van der Waals surface area contributed by atoms with Crippen LogP contribution < -0.4 is 0 Å². The number of ether oxygens (including phenoxy) is 1. The van der Waals surface area contributed by atoms with Crippen LogP contribution in [0.15, 0.2) is 0 Å². The van der Waals surface area contributed by atoms with Crippen molar-refractivity contribution in [2.24, 2.45) is 5.92 Å². The van der Waals surface area contributed by atoms with E-state index < -0.39 is 0 Å². The van der Waals surface area contributed by atoms with Gasteiger partial charge in [-0.15, -0.1) is 0 Å². The van der Waals surface area contributed by atoms with Gasteiger partial charge >= 0.3 is 0 Å². The Bertz CT molecular complexity index is 281. The van der Waals surface area contributed by atoms with Crippen LogP contribution in [0.1, 0.15) is 32.1 Å². The molecule has 3 atom stereocenters. The maximum atomic E-state index is 10.1. The standard InChI is InChI=1S/C15H28N2O2/c18-15-4-2-1-3-13(15)11-16-6-5-14(12-16)17-7-9-19-10-8-17/h13-15,18H,1-12H2. The largest absolute Gasteiger partial charge is 0.393 e. The first-order valence-electron chi connectivity index (χ1n) is 8.05. The van der Waals surface area contributed by atoms with Crippen molar-refractivity contribution >= 4 is 0 Å². The van der Waals surface area contributed by atoms with Crippen molar-refractivity contribution < 1.29 is 9.84 Å². The summed E-state index contributed by atoms with van der Waals surface area (Å²) in [6, 6.07) is 0.727. The van der Waals surface area contributed by atoms with Gasteiger partial charge in [0.15, 0.2) is 0 Å². The molecule has 1 saturated carbocycles. The summed E-state index contributed by atoms with van der Waals surface area (Å²) in [6.45, 7) is 7.53. The van der Waals surface area contributed by atoms with E-state index in [9.17, 15) is 5.11 Å². The summed E-state index contributed by atoms with van der Waals surface area (Å²) in [4.78, 5) is 5.18. The highest BCUT2D eigenvalue weighted by molar-refractivity contribution is 4.87. The average Bonchev–Trinajstić information content (AvgIpc) is 2.91. The molecule has 0 aromatic heterocycles. The molecule has 0 aromatic rings. The molecular formula is C15H28N2O2. The predicted octanol–water partition coefficient (Wildman–Crippen LogP) is 0.944. The van der Waals surface area contributed by atoms with Gasteiger partial charge in [-0.25, -0.2) is 0 Å². The van der Waals surface area contributed by atoms with Crippen LogP contribution in [0.5, 0.6) is 0 Å². The van der Waals surface area contributed by atoms with Crippen molar-refractivity contribution in [2.75, 3.05) is 45.9 Å². The van der Waals surface area contributed by atoms with Gasteiger partial charge in [0.25, 0.3) is 0 Å². The quantitative estimate of drug-likeness (QED) is 0.826. The van der Waals surface area contributed by atoms with Crippen molar-refractivity contribution in [3.63, 3.8) is 0 Å². The number of hydrogen-bond donors (Lipinski definition) is 1. The third-order valence-electron chi connectivity index (χ3n) is 5.17. The number of nitrogens with zero attached hydrogens (tertiary/aromatic N) is 2. The van der Waals surface area contributed by atoms with Gasteiger partial charge in [-0.05, 0) is 31.7 Å². The van der Waals surface area contributed by atoms with Gasteiger partial charge < -0.3 is 14.7 Å². The van der Waals surface area contributed by atoms with Gasteiger partial charge in [0.05, 0.1) is 19.3 Å². The van der Waals surface area contributed by atoms with Crippen molar-refractivity contribution in [3.05, 3.63) is 0 Å². The Morgan fingerprint density at radius 2 is 1.79 bits per heavy atom. The Morgan fingerprint density at radius 3 is 2.58 bits per heavy atom. The highest BCUT2D eigenvalue weighted by atomic mass is 16.5. The second-order valence-electron chi connectivity index (χ2n) is 6.46. The van der Waals surface area contributed by atoms with E-state index in [2.05, 4.69) is 9.80 Å². The molecule has 2 heterocycles. The number of likely N-dealkylation sites (tertiary alicyclic amines) is 1. The maximum Gasteiger partial charge on any atom is 0.0594 e. The monoisotopic (exact) mass is 268 g/mol. The lowest BCUT2D eigenvalue weighted by atomic mass is 9.86. The van der Waals surface area contributed by atoms with Crippen LogP contribution >= 0.6 is 0 Å². The molecule has 2 saturated heterocycles. The SMILES string of the molecule is OC1CCCCC1CN1CCC(N2CCOCC2)C1. The fourth-order valence-corrected chi connectivity index (χ4v) is 3.95. The summed E-state index contributed by atoms with van der Waals surface area (Å²) < 4.78 is 5.43. The molecule has 1 N–H and O–H groups in total. The van der Waals surface area contributed by atoms with Gasteiger partial charge in [0.2, 0.25) is 0 Å². The number of morpholine rings is 1. The van der Waals surface area contributed by atoms with Gasteiger partial charge in [-0.2, -0.15) is 0 Å². The first-order chi connectivity index (χ1) is 9.33. The molecule has 19 heavy (non-hydrogen) atoms. The Hall–Kier alpha value is -0.160. The molecule has 4 nitrogen and oxygen atoms in total. The van der Waals surface area contributed by atoms with Crippen molar-refractivity contribution in [1.82, 2.24) is 9.80 Å². The molecular weight excluding hydrogens is 240 g/mol. The normalized spacial score (nSPS) is 38.7. The molecule has 4 heteroatoms. The molecule has 0 bridgehead atoms. The number of hydrogen-bond acceptors (Lipinski definition) is 4. The summed E-state index contributed by atoms with van der Waals surface area (Å²) in [5.74, 6) is 0.525. The zero-order valence-corrected chi connectivity index (χ0v) is 12.0. The molecule has 0 aromatic carbocycles. The molecule has 3 fully saturated rings. The van der Waals surface area contributed by atoms with E-state index >= 15 is 0 Å². The first kappa shape index (κ1) is 13.8. The Kier molecular flexibility index (Phi) is 4.74. The molecule has 3 unspecified atom stereocenters. The summed E-state index contributed by atoms with van der Waals surface area (Å²) in [7, 11) is 0. The van der Waals surface area contributed by atoms with Crippen LogP contribution in [-0.2, 0) is 4.74 Å². The lowest BCUT2D eigenvalue weighted by Gasteiger charge is -2.33. The predicted molar refractivity (Wildman–Crippen MR) is 75.2 cm³/mol. The molecule has 110 valence electrons. The number of rotatable bonds is 3. The van der Waals surface area contributed by atoms with Crippen LogP contribution in [0.2, 0.25) is 0 Å². The second-order valence-corrected chi connectivity index (χ2v) is 6.46. The highest BCUT2D eigenvalue weighted by Crippen LogP contribution is 2.27. The van der Waals surface area contributed by atoms with Crippen LogP contribution in [0.25, 0.3) is 0 Å². The van der Waals surface area contributed by atoms with E-state index in [1.807, 2.05) is 0 Å². The van der Waals surface area contributed by atoms with Crippen LogP contribution in [0.4, 0.5) is 0 Å². The summed E-state index contributed by atoms with van der Waals surface area (Å²) in [5.41, 5.74) is 0. The highest BCUT2D eigenvalue weighted by Gasteiger charge is 2.32. The zero-order valence-electron chi connectivity index (χ0n) is 12.0. The molecule has 3 aliphatic rings. The molecule has 3 rings (SSSR count). The van der Waals surface area contributed by atoms with Gasteiger partial charge in [-0.3, -0.25) is 4.90 Å². The Balaban J connectivity index is 1.45. The van der Waals surface area contributed by atoms with Crippen LogP contribution in [-0.4, -0.2) is 73.0 Å². The van der Waals surface area contributed by atoms with Crippen molar-refractivity contribution in [3.8, 4) is 0 Å². The minimum Gasteiger partial charge on any atom is -0.393 e. The van der Waals surface area contributed by atoms with Crippen molar-refractivity contribution in [1.29, 1.82) is 0 Å². The molecule has 0 amide bonds. The van der Waals surface area contributed by atoms with Gasteiger partial charge in [0, 0.05) is 32.2 Å². The Labute approximate surface area is 116 Å². The van der Waals surface area contributed by atoms with E-state index in [0.717, 1.165) is 45.3 Å². The second kappa shape index (κ2) is 6.53. The van der Waals surface area contributed by atoms with Crippen LogP contribution in [0.3, 0.4) is 0 Å². The van der Waals surface area contributed by atoms with Gasteiger partial charge in [0.1, 0.15) is 0 Å². The number of aliphatic hydroxyl groups is 1. The molecule has 0 radical (unpaired) electrons. The summed E-state index contributed by atoms with van der Waals surface area (Å²) in [5, 5.41) is 10.1. The topological polar surface area (TPSA) is 35.9 Å². The number of aliphatic hydroxyl groups excluding tert-OH is 1. The first-order valence-corrected chi connectivity index (χ1v) is 8.05. The Morgan fingerprint density at radius 1 is 1.00 bits per heavy atom. The smallest absolute Gasteiger partial charge is 0.0594 e. The van der Waals surface area contributed by atoms with Crippen molar-refractivity contribution in [2.45, 2.75) is 44.2 Å². The fraction of sp³-hybridized carbons (Fsp3) is 1.00. The fourth-order valence-electron chi connectivity index (χ4n) is 3.95.